The van der Waals surface area contributed by atoms with Crippen LogP contribution in [0.25, 0.3) is 54.1 Å². The van der Waals surface area contributed by atoms with Gasteiger partial charge in [0, 0.05) is 22.5 Å². The molecular weight excluding hydrogens is 386 g/mol. The molecule has 0 aliphatic heterocycles. The molecule has 30 heavy (non-hydrogen) atoms. The van der Waals surface area contributed by atoms with Crippen LogP contribution in [0.5, 0.6) is 0 Å². The van der Waals surface area contributed by atoms with Gasteiger partial charge in [-0.3, -0.25) is 4.98 Å². The molecule has 0 amide bonds. The van der Waals surface area contributed by atoms with Crippen LogP contribution in [0, 0.1) is 0 Å². The van der Waals surface area contributed by atoms with Gasteiger partial charge in [0.25, 0.3) is 0 Å². The van der Waals surface area contributed by atoms with Gasteiger partial charge in [0.05, 0.1) is 4.70 Å². The van der Waals surface area contributed by atoms with E-state index in [1.807, 2.05) is 6.20 Å². The normalized spacial score (nSPS) is 12.5. The summed E-state index contributed by atoms with van der Waals surface area (Å²) < 4.78 is 7.69. The lowest BCUT2D eigenvalue weighted by Gasteiger charge is -2.22. The number of aromatic nitrogens is 1. The summed E-state index contributed by atoms with van der Waals surface area (Å²) in [5.74, 6) is 0. The first-order valence-electron chi connectivity index (χ1n) is 10.2. The van der Waals surface area contributed by atoms with E-state index in [1.165, 1.54) is 26.4 Å². The maximum absolute atomic E-state index is 6.50. The standard InChI is InChI=1S/C27H21NOS/c1-27(2,3)22-15-18(14-17-6-4-5-7-19(17)22)23-24-21(10-12-28-23)20-9-8-16-11-13-30-26(16)25(20)29-24/h4-15H,1-3H3. The first-order valence-corrected chi connectivity index (χ1v) is 11.1. The van der Waals surface area contributed by atoms with Crippen molar-refractivity contribution in [3.05, 3.63) is 77.8 Å². The van der Waals surface area contributed by atoms with Gasteiger partial charge in [0.2, 0.25) is 0 Å². The highest BCUT2D eigenvalue weighted by Crippen LogP contribution is 2.41. The van der Waals surface area contributed by atoms with Gasteiger partial charge >= 0.3 is 0 Å². The second-order valence-corrected chi connectivity index (χ2v) is 9.83. The van der Waals surface area contributed by atoms with E-state index in [-0.39, 0.29) is 5.41 Å². The lowest BCUT2D eigenvalue weighted by Crippen LogP contribution is -2.12. The number of hydrogen-bond donors (Lipinski definition) is 0. The molecule has 0 saturated heterocycles. The second-order valence-electron chi connectivity index (χ2n) is 8.91. The Morgan fingerprint density at radius 1 is 0.800 bits per heavy atom. The van der Waals surface area contributed by atoms with E-state index in [0.29, 0.717) is 0 Å². The van der Waals surface area contributed by atoms with Crippen LogP contribution in [0.3, 0.4) is 0 Å². The molecule has 146 valence electrons. The third kappa shape index (κ3) is 2.52. The van der Waals surface area contributed by atoms with Gasteiger partial charge in [-0.2, -0.15) is 0 Å². The van der Waals surface area contributed by atoms with Gasteiger partial charge in [-0.05, 0) is 62.8 Å². The molecule has 3 aromatic carbocycles. The van der Waals surface area contributed by atoms with Crippen LogP contribution < -0.4 is 0 Å². The number of fused-ring (bicyclic) bond motifs is 6. The first-order chi connectivity index (χ1) is 14.5. The minimum absolute atomic E-state index is 0.0283. The predicted molar refractivity (Wildman–Crippen MR) is 129 cm³/mol. The number of benzene rings is 3. The highest BCUT2D eigenvalue weighted by molar-refractivity contribution is 7.18. The number of furan rings is 1. The Balaban J connectivity index is 1.71. The van der Waals surface area contributed by atoms with Gasteiger partial charge in [-0.1, -0.05) is 51.1 Å². The Labute approximate surface area is 178 Å². The lowest BCUT2D eigenvalue weighted by atomic mass is 9.82. The van der Waals surface area contributed by atoms with Crippen molar-refractivity contribution >= 4 is 54.1 Å². The molecule has 0 fully saturated rings. The van der Waals surface area contributed by atoms with Gasteiger partial charge in [-0.25, -0.2) is 0 Å². The molecule has 0 unspecified atom stereocenters. The van der Waals surface area contributed by atoms with E-state index in [1.54, 1.807) is 11.3 Å². The highest BCUT2D eigenvalue weighted by Gasteiger charge is 2.21. The van der Waals surface area contributed by atoms with Crippen LogP contribution in [0.4, 0.5) is 0 Å². The number of hydrogen-bond acceptors (Lipinski definition) is 3. The Morgan fingerprint density at radius 3 is 2.50 bits per heavy atom. The fraction of sp³-hybridized carbons (Fsp3) is 0.148. The van der Waals surface area contributed by atoms with Crippen molar-refractivity contribution in [2.75, 3.05) is 0 Å². The highest BCUT2D eigenvalue weighted by atomic mass is 32.1. The number of nitrogens with zero attached hydrogens (tertiary/aromatic N) is 1. The Kier molecular flexibility index (Phi) is 3.63. The van der Waals surface area contributed by atoms with Crippen molar-refractivity contribution < 1.29 is 4.42 Å². The van der Waals surface area contributed by atoms with Crippen molar-refractivity contribution in [1.82, 2.24) is 4.98 Å². The molecule has 2 nitrogen and oxygen atoms in total. The predicted octanol–water partition coefficient (Wildman–Crippen LogP) is 8.31. The van der Waals surface area contributed by atoms with Gasteiger partial charge < -0.3 is 4.42 Å². The number of thiophene rings is 1. The van der Waals surface area contributed by atoms with Crippen LogP contribution in [0.2, 0.25) is 0 Å². The van der Waals surface area contributed by atoms with Crippen molar-refractivity contribution in [2.45, 2.75) is 26.2 Å². The molecule has 0 radical (unpaired) electrons. The van der Waals surface area contributed by atoms with Crippen LogP contribution in [-0.2, 0) is 5.41 Å². The summed E-state index contributed by atoms with van der Waals surface area (Å²) in [6.07, 6.45) is 1.90. The van der Waals surface area contributed by atoms with Gasteiger partial charge in [-0.15, -0.1) is 11.3 Å². The van der Waals surface area contributed by atoms with Crippen molar-refractivity contribution in [2.24, 2.45) is 0 Å². The lowest BCUT2D eigenvalue weighted by molar-refractivity contribution is 0.596. The summed E-state index contributed by atoms with van der Waals surface area (Å²) in [5, 5.41) is 8.15. The molecule has 0 aliphatic rings. The van der Waals surface area contributed by atoms with E-state index in [9.17, 15) is 0 Å². The molecule has 6 aromatic rings. The van der Waals surface area contributed by atoms with Crippen LogP contribution in [0.15, 0.2) is 76.7 Å². The van der Waals surface area contributed by atoms with Gasteiger partial charge in [0.1, 0.15) is 5.69 Å². The largest absolute Gasteiger partial charge is 0.452 e. The fourth-order valence-electron chi connectivity index (χ4n) is 4.46. The summed E-state index contributed by atoms with van der Waals surface area (Å²) in [7, 11) is 0. The maximum Gasteiger partial charge on any atom is 0.161 e. The van der Waals surface area contributed by atoms with Gasteiger partial charge in [0.15, 0.2) is 11.2 Å². The zero-order valence-corrected chi connectivity index (χ0v) is 18.0. The molecule has 3 heteroatoms. The average molecular weight is 408 g/mol. The molecule has 3 aromatic heterocycles. The minimum atomic E-state index is 0.0283. The van der Waals surface area contributed by atoms with E-state index < -0.39 is 0 Å². The summed E-state index contributed by atoms with van der Waals surface area (Å²) in [5.41, 5.74) is 5.19. The first kappa shape index (κ1) is 17.7. The molecular formula is C27H21NOS. The molecule has 0 spiro atoms. The molecule has 0 N–H and O–H groups in total. The molecule has 0 aliphatic carbocycles. The smallest absolute Gasteiger partial charge is 0.161 e. The third-order valence-corrected chi connectivity index (χ3v) is 6.85. The monoisotopic (exact) mass is 407 g/mol. The maximum atomic E-state index is 6.50. The molecule has 0 atom stereocenters. The second kappa shape index (κ2) is 6.16. The molecule has 3 heterocycles. The summed E-state index contributed by atoms with van der Waals surface area (Å²) in [6.45, 7) is 6.80. The molecule has 0 saturated carbocycles. The quantitative estimate of drug-likeness (QED) is 0.274. The minimum Gasteiger partial charge on any atom is -0.452 e. The molecule has 6 rings (SSSR count). The fourth-order valence-corrected chi connectivity index (χ4v) is 5.34. The zero-order valence-electron chi connectivity index (χ0n) is 17.2. The van der Waals surface area contributed by atoms with E-state index >= 15 is 0 Å². The van der Waals surface area contributed by atoms with Crippen molar-refractivity contribution in [3.63, 3.8) is 0 Å². The van der Waals surface area contributed by atoms with Crippen LogP contribution in [-0.4, -0.2) is 4.98 Å². The van der Waals surface area contributed by atoms with Crippen LogP contribution in [0.1, 0.15) is 26.3 Å². The molecule has 0 bridgehead atoms. The number of pyridine rings is 1. The van der Waals surface area contributed by atoms with Crippen LogP contribution >= 0.6 is 11.3 Å². The van der Waals surface area contributed by atoms with E-state index in [4.69, 9.17) is 9.40 Å². The number of rotatable bonds is 1. The third-order valence-electron chi connectivity index (χ3n) is 5.92. The Hall–Kier alpha value is -3.17. The summed E-state index contributed by atoms with van der Waals surface area (Å²) in [6, 6.07) is 21.7. The Bertz CT molecular complexity index is 1580. The Morgan fingerprint density at radius 2 is 1.63 bits per heavy atom. The van der Waals surface area contributed by atoms with E-state index in [2.05, 4.69) is 86.8 Å². The van der Waals surface area contributed by atoms with Crippen molar-refractivity contribution in [1.29, 1.82) is 0 Å². The zero-order chi connectivity index (χ0) is 20.5. The summed E-state index contributed by atoms with van der Waals surface area (Å²) in [4.78, 5) is 4.78. The average Bonchev–Trinajstić information content (AvgIpc) is 3.36. The summed E-state index contributed by atoms with van der Waals surface area (Å²) >= 11 is 1.73. The topological polar surface area (TPSA) is 26.0 Å². The van der Waals surface area contributed by atoms with Crippen molar-refractivity contribution in [3.8, 4) is 11.3 Å². The van der Waals surface area contributed by atoms with E-state index in [0.717, 1.165) is 33.2 Å². The SMILES string of the molecule is CC(C)(C)c1cc(-c2nccc3c2oc2c3ccc3ccsc32)cc2ccccc12.